The van der Waals surface area contributed by atoms with Crippen molar-refractivity contribution in [3.8, 4) is 17.1 Å². The second-order valence-electron chi connectivity index (χ2n) is 4.15. The van der Waals surface area contributed by atoms with Crippen molar-refractivity contribution < 1.29 is 0 Å². The summed E-state index contributed by atoms with van der Waals surface area (Å²) in [5.74, 6) is 0.758. The Hall–Kier alpha value is -1.18. The lowest BCUT2D eigenvalue weighted by atomic mass is 10.2. The molecule has 0 amide bonds. The van der Waals surface area contributed by atoms with Gasteiger partial charge in [-0.25, -0.2) is 0 Å². The van der Waals surface area contributed by atoms with E-state index in [1.54, 1.807) is 0 Å². The van der Waals surface area contributed by atoms with Gasteiger partial charge in [-0.2, -0.15) is 5.10 Å². The number of rotatable bonds is 2. The van der Waals surface area contributed by atoms with Gasteiger partial charge in [0.2, 0.25) is 0 Å². The van der Waals surface area contributed by atoms with Gasteiger partial charge >= 0.3 is 0 Å². The minimum absolute atomic E-state index is 0.557. The van der Waals surface area contributed by atoms with Crippen LogP contribution in [0.15, 0.2) is 48.5 Å². The van der Waals surface area contributed by atoms with E-state index in [1.165, 1.54) is 0 Å². The largest absolute Gasteiger partial charge is 0.268 e. The Bertz CT molecular complexity index is 811. The number of para-hydroxylation sites is 1. The highest BCUT2D eigenvalue weighted by atomic mass is 127. The van der Waals surface area contributed by atoms with Gasteiger partial charge in [0, 0.05) is 19.8 Å². The molecule has 0 aliphatic carbocycles. The van der Waals surface area contributed by atoms with Gasteiger partial charge in [0.15, 0.2) is 10.6 Å². The molecule has 0 saturated heterocycles. The molecule has 100 valence electrons. The second-order valence-corrected chi connectivity index (χ2v) is 6.13. The maximum Gasteiger partial charge on any atom is 0.200 e. The number of aromatic amines is 1. The third-order valence-electron chi connectivity index (χ3n) is 2.86. The highest BCUT2D eigenvalue weighted by molar-refractivity contribution is 14.1. The average Bonchev–Trinajstić information content (AvgIpc) is 2.84. The van der Waals surface area contributed by atoms with E-state index < -0.39 is 0 Å². The van der Waals surface area contributed by atoms with E-state index in [0.29, 0.717) is 9.79 Å². The van der Waals surface area contributed by atoms with Crippen molar-refractivity contribution in [1.82, 2.24) is 14.8 Å². The van der Waals surface area contributed by atoms with Gasteiger partial charge in [0.25, 0.3) is 0 Å². The normalized spacial score (nSPS) is 10.7. The molecule has 0 spiro atoms. The van der Waals surface area contributed by atoms with Gasteiger partial charge in [-0.05, 0) is 65.1 Å². The lowest BCUT2D eigenvalue weighted by molar-refractivity contribution is 1.04. The summed E-state index contributed by atoms with van der Waals surface area (Å²) in [7, 11) is 0. The van der Waals surface area contributed by atoms with Crippen LogP contribution in [0.4, 0.5) is 0 Å². The summed E-state index contributed by atoms with van der Waals surface area (Å²) in [6.07, 6.45) is 0. The van der Waals surface area contributed by atoms with Crippen LogP contribution in [-0.2, 0) is 0 Å². The lowest BCUT2D eigenvalue weighted by Gasteiger charge is -2.08. The van der Waals surface area contributed by atoms with E-state index in [2.05, 4.69) is 32.8 Å². The van der Waals surface area contributed by atoms with Crippen LogP contribution in [0.25, 0.3) is 17.1 Å². The summed E-state index contributed by atoms with van der Waals surface area (Å²) < 4.78 is 3.53. The lowest BCUT2D eigenvalue weighted by Crippen LogP contribution is -1.98. The van der Waals surface area contributed by atoms with Gasteiger partial charge in [0.1, 0.15) is 0 Å². The number of nitrogens with one attached hydrogen (secondary N) is 1. The van der Waals surface area contributed by atoms with Crippen molar-refractivity contribution >= 4 is 46.4 Å². The van der Waals surface area contributed by atoms with E-state index in [4.69, 9.17) is 23.8 Å². The number of aromatic nitrogens is 3. The molecule has 3 aromatic rings. The molecule has 6 heteroatoms. The average molecular weight is 414 g/mol. The maximum atomic E-state index is 6.10. The van der Waals surface area contributed by atoms with Crippen molar-refractivity contribution in [2.24, 2.45) is 0 Å². The Labute approximate surface area is 139 Å². The van der Waals surface area contributed by atoms with Crippen molar-refractivity contribution in [2.75, 3.05) is 0 Å². The first kappa shape index (κ1) is 13.8. The predicted octanol–water partition coefficient (Wildman–Crippen LogP) is 4.85. The first-order valence-corrected chi connectivity index (χ1v) is 7.71. The Morgan fingerprint density at radius 3 is 2.65 bits per heavy atom. The minimum atomic E-state index is 0.557. The Kier molecular flexibility index (Phi) is 3.91. The van der Waals surface area contributed by atoms with Crippen LogP contribution in [0.5, 0.6) is 0 Å². The zero-order chi connectivity index (χ0) is 14.1. The fraction of sp³-hybridized carbons (Fsp3) is 0. The SMILES string of the molecule is S=c1[nH]nc(-c2cc(Cl)ccc2I)n1-c1ccccc1. The predicted molar refractivity (Wildman–Crippen MR) is 91.9 cm³/mol. The monoisotopic (exact) mass is 413 g/mol. The first-order chi connectivity index (χ1) is 9.66. The molecular formula is C14H9ClIN3S. The molecule has 0 bridgehead atoms. The molecule has 3 nitrogen and oxygen atoms in total. The zero-order valence-corrected chi connectivity index (χ0v) is 13.9. The summed E-state index contributed by atoms with van der Waals surface area (Å²) in [4.78, 5) is 0. The standard InChI is InChI=1S/C14H9ClIN3S/c15-9-6-7-12(16)11(8-9)13-17-18-14(20)19(13)10-4-2-1-3-5-10/h1-8H,(H,18,20). The number of benzene rings is 2. The summed E-state index contributed by atoms with van der Waals surface area (Å²) in [5.41, 5.74) is 1.92. The van der Waals surface area contributed by atoms with Crippen LogP contribution in [0.3, 0.4) is 0 Å². The number of nitrogens with zero attached hydrogens (tertiary/aromatic N) is 2. The smallest absolute Gasteiger partial charge is 0.200 e. The zero-order valence-electron chi connectivity index (χ0n) is 10.2. The molecule has 0 aliphatic heterocycles. The quantitative estimate of drug-likeness (QED) is 0.481. The van der Waals surface area contributed by atoms with Gasteiger partial charge in [-0.15, -0.1) is 0 Å². The van der Waals surface area contributed by atoms with Crippen molar-refractivity contribution in [3.63, 3.8) is 0 Å². The summed E-state index contributed by atoms with van der Waals surface area (Å²) in [5, 5.41) is 7.87. The molecule has 3 rings (SSSR count). The minimum Gasteiger partial charge on any atom is -0.268 e. The van der Waals surface area contributed by atoms with E-state index in [-0.39, 0.29) is 0 Å². The molecule has 0 fully saturated rings. The van der Waals surface area contributed by atoms with Crippen LogP contribution in [0.1, 0.15) is 0 Å². The maximum absolute atomic E-state index is 6.10. The second kappa shape index (κ2) is 5.67. The van der Waals surface area contributed by atoms with Crippen molar-refractivity contribution in [1.29, 1.82) is 0 Å². The molecule has 1 heterocycles. The molecule has 0 aliphatic rings. The number of halogens is 2. The third-order valence-corrected chi connectivity index (χ3v) is 4.31. The van der Waals surface area contributed by atoms with E-state index in [1.807, 2.05) is 53.1 Å². The molecular weight excluding hydrogens is 405 g/mol. The van der Waals surface area contributed by atoms with Crippen LogP contribution in [-0.4, -0.2) is 14.8 Å². The van der Waals surface area contributed by atoms with Crippen LogP contribution >= 0.6 is 46.4 Å². The number of hydrogen-bond acceptors (Lipinski definition) is 2. The van der Waals surface area contributed by atoms with Gasteiger partial charge < -0.3 is 0 Å². The van der Waals surface area contributed by atoms with Crippen molar-refractivity contribution in [2.45, 2.75) is 0 Å². The van der Waals surface area contributed by atoms with Gasteiger partial charge in [0.05, 0.1) is 0 Å². The Balaban J connectivity index is 2.27. The van der Waals surface area contributed by atoms with Gasteiger partial charge in [-0.3, -0.25) is 9.67 Å². The molecule has 0 saturated carbocycles. The highest BCUT2D eigenvalue weighted by Crippen LogP contribution is 2.28. The third kappa shape index (κ3) is 2.53. The summed E-state index contributed by atoms with van der Waals surface area (Å²) >= 11 is 13.7. The summed E-state index contributed by atoms with van der Waals surface area (Å²) in [6, 6.07) is 15.6. The molecule has 20 heavy (non-hydrogen) atoms. The number of hydrogen-bond donors (Lipinski definition) is 1. The first-order valence-electron chi connectivity index (χ1n) is 5.85. The van der Waals surface area contributed by atoms with Crippen LogP contribution in [0.2, 0.25) is 5.02 Å². The molecule has 1 N–H and O–H groups in total. The molecule has 0 atom stereocenters. The molecule has 1 aromatic heterocycles. The fourth-order valence-corrected chi connectivity index (χ4v) is 2.95. The van der Waals surface area contributed by atoms with E-state index in [0.717, 1.165) is 20.6 Å². The Morgan fingerprint density at radius 1 is 1.15 bits per heavy atom. The molecule has 0 unspecified atom stereocenters. The highest BCUT2D eigenvalue weighted by Gasteiger charge is 2.13. The van der Waals surface area contributed by atoms with Gasteiger partial charge in [-0.1, -0.05) is 29.8 Å². The summed E-state index contributed by atoms with van der Waals surface area (Å²) in [6.45, 7) is 0. The van der Waals surface area contributed by atoms with Crippen molar-refractivity contribution in [3.05, 3.63) is 61.9 Å². The van der Waals surface area contributed by atoms with E-state index in [9.17, 15) is 0 Å². The topological polar surface area (TPSA) is 33.6 Å². The fourth-order valence-electron chi connectivity index (χ4n) is 1.96. The Morgan fingerprint density at radius 2 is 1.90 bits per heavy atom. The molecule has 2 aromatic carbocycles. The van der Waals surface area contributed by atoms with E-state index >= 15 is 0 Å². The van der Waals surface area contributed by atoms with Crippen LogP contribution in [0, 0.1) is 8.34 Å². The van der Waals surface area contributed by atoms with Crippen LogP contribution < -0.4 is 0 Å². The molecule has 0 radical (unpaired) electrons. The number of H-pyrrole nitrogens is 1.